The largest absolute Gasteiger partial charge is 0.481 e. The number of pyridine rings is 1. The molecular weight excluding hydrogens is 456 g/mol. The van der Waals surface area contributed by atoms with E-state index in [1.165, 1.54) is 4.31 Å². The second-order valence-corrected chi connectivity index (χ2v) is 10.1. The molecule has 0 bridgehead atoms. The quantitative estimate of drug-likeness (QED) is 0.602. The first-order chi connectivity index (χ1) is 13.8. The molecule has 0 unspecified atom stereocenters. The average Bonchev–Trinajstić information content (AvgIpc) is 2.71. The van der Waals surface area contributed by atoms with Crippen molar-refractivity contribution in [3.63, 3.8) is 0 Å². The summed E-state index contributed by atoms with van der Waals surface area (Å²) in [5.41, 5.74) is 1.79. The lowest BCUT2D eigenvalue weighted by Gasteiger charge is -2.30. The molecule has 2 aromatic rings. The molecule has 0 atom stereocenters. The molecule has 6 nitrogen and oxygen atoms in total. The van der Waals surface area contributed by atoms with E-state index in [0.717, 1.165) is 15.6 Å². The van der Waals surface area contributed by atoms with E-state index in [-0.39, 0.29) is 16.6 Å². The third-order valence-corrected chi connectivity index (χ3v) is 7.58. The Morgan fingerprint density at radius 2 is 2.00 bits per heavy atom. The predicted octanol–water partition coefficient (Wildman–Crippen LogP) is 3.76. The lowest BCUT2D eigenvalue weighted by molar-refractivity contribution is -0.123. The standard InChI is InChI=1S/C21H25BrN2O4S/c1-15-12-18(22)14-19(13-15)29(26,27)24-10-7-16(8-11-24)20(25)6-5-17-4-3-9-23-21(17)28-2/h3-4,9,12-14,16H,5-8,10-11H2,1-2H3. The Labute approximate surface area is 180 Å². The average molecular weight is 481 g/mol. The molecule has 0 spiro atoms. The first-order valence-electron chi connectivity index (χ1n) is 9.59. The number of aromatic nitrogens is 1. The minimum Gasteiger partial charge on any atom is -0.481 e. The molecule has 1 saturated heterocycles. The molecule has 1 aliphatic heterocycles. The van der Waals surface area contributed by atoms with Crippen molar-refractivity contribution in [1.82, 2.24) is 9.29 Å². The summed E-state index contributed by atoms with van der Waals surface area (Å²) in [6, 6.07) is 8.92. The molecule has 1 aliphatic rings. The van der Waals surface area contributed by atoms with Crippen LogP contribution in [0.2, 0.25) is 0 Å². The number of piperidine rings is 1. The molecule has 29 heavy (non-hydrogen) atoms. The lowest BCUT2D eigenvalue weighted by Crippen LogP contribution is -2.40. The van der Waals surface area contributed by atoms with Crippen molar-refractivity contribution in [2.24, 2.45) is 5.92 Å². The highest BCUT2D eigenvalue weighted by atomic mass is 79.9. The van der Waals surface area contributed by atoms with Gasteiger partial charge in [0, 0.05) is 41.7 Å². The number of carbonyl (C=O) groups is 1. The fourth-order valence-electron chi connectivity index (χ4n) is 3.68. The van der Waals surface area contributed by atoms with E-state index in [1.54, 1.807) is 25.4 Å². The van der Waals surface area contributed by atoms with Gasteiger partial charge >= 0.3 is 0 Å². The molecule has 8 heteroatoms. The first kappa shape index (κ1) is 21.9. The highest BCUT2D eigenvalue weighted by molar-refractivity contribution is 9.10. The molecule has 1 aromatic heterocycles. The number of nitrogens with zero attached hydrogens (tertiary/aromatic N) is 2. The number of hydrogen-bond donors (Lipinski definition) is 0. The second-order valence-electron chi connectivity index (χ2n) is 7.28. The molecule has 1 aromatic carbocycles. The molecule has 0 aliphatic carbocycles. The van der Waals surface area contributed by atoms with Gasteiger partial charge in [-0.3, -0.25) is 4.79 Å². The Morgan fingerprint density at radius 3 is 2.66 bits per heavy atom. The van der Waals surface area contributed by atoms with Crippen LogP contribution in [-0.4, -0.2) is 43.7 Å². The number of ether oxygens (including phenoxy) is 1. The molecule has 0 radical (unpaired) electrons. The maximum atomic E-state index is 12.9. The molecule has 1 fully saturated rings. The number of benzene rings is 1. The number of rotatable bonds is 7. The van der Waals surface area contributed by atoms with Crippen LogP contribution in [0.15, 0.2) is 45.9 Å². The zero-order chi connectivity index (χ0) is 21.0. The van der Waals surface area contributed by atoms with Crippen molar-refractivity contribution >= 4 is 31.7 Å². The van der Waals surface area contributed by atoms with Crippen molar-refractivity contribution in [2.75, 3.05) is 20.2 Å². The Bertz CT molecular complexity index is 966. The monoisotopic (exact) mass is 480 g/mol. The van der Waals surface area contributed by atoms with Gasteiger partial charge in [0.15, 0.2) is 0 Å². The number of Topliss-reactive ketones (excluding diaryl/α,β-unsaturated/α-hetero) is 1. The summed E-state index contributed by atoms with van der Waals surface area (Å²) in [7, 11) is -1.99. The van der Waals surface area contributed by atoms with Gasteiger partial charge in [-0.25, -0.2) is 13.4 Å². The molecular formula is C21H25BrN2O4S. The predicted molar refractivity (Wildman–Crippen MR) is 114 cm³/mol. The Kier molecular flexibility index (Phi) is 7.08. The number of carbonyl (C=O) groups excluding carboxylic acids is 1. The Hall–Kier alpha value is -1.77. The maximum absolute atomic E-state index is 12.9. The van der Waals surface area contributed by atoms with Crippen molar-refractivity contribution in [2.45, 2.75) is 37.5 Å². The summed E-state index contributed by atoms with van der Waals surface area (Å²) in [5, 5.41) is 0. The van der Waals surface area contributed by atoms with Crippen LogP contribution in [0.3, 0.4) is 0 Å². The van der Waals surface area contributed by atoms with E-state index in [9.17, 15) is 13.2 Å². The van der Waals surface area contributed by atoms with E-state index < -0.39 is 10.0 Å². The van der Waals surface area contributed by atoms with Crippen molar-refractivity contribution < 1.29 is 17.9 Å². The van der Waals surface area contributed by atoms with Gasteiger partial charge in [0.25, 0.3) is 0 Å². The van der Waals surface area contributed by atoms with E-state index in [0.29, 0.717) is 44.7 Å². The van der Waals surface area contributed by atoms with Gasteiger partial charge in [-0.05, 0) is 56.0 Å². The number of hydrogen-bond acceptors (Lipinski definition) is 5. The van der Waals surface area contributed by atoms with Gasteiger partial charge in [-0.1, -0.05) is 22.0 Å². The van der Waals surface area contributed by atoms with Crippen LogP contribution in [0.25, 0.3) is 0 Å². The van der Waals surface area contributed by atoms with Crippen LogP contribution in [-0.2, 0) is 21.2 Å². The molecule has 0 amide bonds. The van der Waals surface area contributed by atoms with Crippen molar-refractivity contribution in [3.05, 3.63) is 52.1 Å². The van der Waals surface area contributed by atoms with Crippen LogP contribution in [0.5, 0.6) is 5.88 Å². The minimum absolute atomic E-state index is 0.103. The van der Waals surface area contributed by atoms with E-state index in [2.05, 4.69) is 20.9 Å². The summed E-state index contributed by atoms with van der Waals surface area (Å²) < 4.78 is 33.4. The van der Waals surface area contributed by atoms with Gasteiger partial charge in [0.1, 0.15) is 5.78 Å². The third kappa shape index (κ3) is 5.24. The summed E-state index contributed by atoms with van der Waals surface area (Å²) in [4.78, 5) is 17.1. The number of sulfonamides is 1. The van der Waals surface area contributed by atoms with Gasteiger partial charge in [-0.15, -0.1) is 0 Å². The normalized spacial score (nSPS) is 16.0. The van der Waals surface area contributed by atoms with Gasteiger partial charge in [-0.2, -0.15) is 4.31 Å². The number of halogens is 1. The highest BCUT2D eigenvalue weighted by Crippen LogP contribution is 2.28. The highest BCUT2D eigenvalue weighted by Gasteiger charge is 2.32. The number of aryl methyl sites for hydroxylation is 2. The van der Waals surface area contributed by atoms with Crippen LogP contribution in [0, 0.1) is 12.8 Å². The topological polar surface area (TPSA) is 76.6 Å². The molecule has 156 valence electrons. The lowest BCUT2D eigenvalue weighted by atomic mass is 9.90. The van der Waals surface area contributed by atoms with Crippen molar-refractivity contribution in [3.8, 4) is 5.88 Å². The third-order valence-electron chi connectivity index (χ3n) is 5.25. The van der Waals surface area contributed by atoms with Crippen LogP contribution >= 0.6 is 15.9 Å². The molecule has 0 saturated carbocycles. The Balaban J connectivity index is 1.59. The fraction of sp³-hybridized carbons (Fsp3) is 0.429. The summed E-state index contributed by atoms with van der Waals surface area (Å²) in [5.74, 6) is 0.616. The van der Waals surface area contributed by atoms with Crippen LogP contribution in [0.4, 0.5) is 0 Å². The van der Waals surface area contributed by atoms with Gasteiger partial charge < -0.3 is 4.74 Å². The number of ketones is 1. The van der Waals surface area contributed by atoms with Crippen molar-refractivity contribution in [1.29, 1.82) is 0 Å². The Morgan fingerprint density at radius 1 is 1.28 bits per heavy atom. The SMILES string of the molecule is COc1ncccc1CCC(=O)C1CCN(S(=O)(=O)c2cc(C)cc(Br)c2)CC1. The van der Waals surface area contributed by atoms with Crippen LogP contribution < -0.4 is 4.74 Å². The maximum Gasteiger partial charge on any atom is 0.243 e. The van der Waals surface area contributed by atoms with Gasteiger partial charge in [0.05, 0.1) is 12.0 Å². The smallest absolute Gasteiger partial charge is 0.243 e. The molecule has 3 rings (SSSR count). The van der Waals surface area contributed by atoms with Crippen LogP contribution in [0.1, 0.15) is 30.4 Å². The zero-order valence-corrected chi connectivity index (χ0v) is 19.0. The molecule has 2 heterocycles. The number of methoxy groups -OCH3 is 1. The fourth-order valence-corrected chi connectivity index (χ4v) is 6.04. The summed E-state index contributed by atoms with van der Waals surface area (Å²) >= 11 is 3.36. The zero-order valence-electron chi connectivity index (χ0n) is 16.6. The second kappa shape index (κ2) is 9.36. The first-order valence-corrected chi connectivity index (χ1v) is 11.8. The van der Waals surface area contributed by atoms with Gasteiger partial charge in [0.2, 0.25) is 15.9 Å². The molecule has 0 N–H and O–H groups in total. The minimum atomic E-state index is -3.55. The summed E-state index contributed by atoms with van der Waals surface area (Å²) in [6.45, 7) is 2.59. The van der Waals surface area contributed by atoms with E-state index in [1.807, 2.05) is 25.1 Å². The van der Waals surface area contributed by atoms with E-state index >= 15 is 0 Å². The van der Waals surface area contributed by atoms with E-state index in [4.69, 9.17) is 4.74 Å². The summed E-state index contributed by atoms with van der Waals surface area (Å²) in [6.07, 6.45) is 3.74.